The Labute approximate surface area is 229 Å². The molecule has 0 heterocycles. The SMILES string of the molecule is CCCCC=CCCCCCCCC(=O)OCCNCCOC(=O)CCCCCCCC=CCCCC. The Morgan fingerprint density at radius 2 is 0.865 bits per heavy atom. The van der Waals surface area contributed by atoms with Crippen LogP contribution in [0.5, 0.6) is 0 Å². The maximum Gasteiger partial charge on any atom is 0.305 e. The zero-order chi connectivity index (χ0) is 27.1. The van der Waals surface area contributed by atoms with E-state index >= 15 is 0 Å². The molecular formula is C32H59NO4. The second kappa shape index (κ2) is 30.6. The lowest BCUT2D eigenvalue weighted by Gasteiger charge is -2.08. The van der Waals surface area contributed by atoms with E-state index in [1.54, 1.807) is 0 Å². The summed E-state index contributed by atoms with van der Waals surface area (Å²) in [5.74, 6) is -0.231. The Hall–Kier alpha value is -1.62. The standard InChI is InChI=1S/C32H59NO4/c1-3-5-7-9-11-13-15-17-19-21-23-25-31(34)36-29-27-33-28-30-37-32(35)26-24-22-20-18-16-14-12-10-8-6-4-2/h9-12,33H,3-8,13-30H2,1-2H3. The quantitative estimate of drug-likeness (QED) is 0.0634. The molecule has 0 fully saturated rings. The van der Waals surface area contributed by atoms with Gasteiger partial charge in [0.15, 0.2) is 0 Å². The van der Waals surface area contributed by atoms with E-state index in [9.17, 15) is 9.59 Å². The number of nitrogens with one attached hydrogen (secondary N) is 1. The number of carbonyl (C=O) groups excluding carboxylic acids is 2. The molecule has 0 aromatic carbocycles. The van der Waals surface area contributed by atoms with Crippen LogP contribution in [-0.2, 0) is 19.1 Å². The number of unbranched alkanes of at least 4 members (excludes halogenated alkanes) is 14. The first-order valence-corrected chi connectivity index (χ1v) is 15.5. The molecule has 0 amide bonds. The summed E-state index contributed by atoms with van der Waals surface area (Å²) < 4.78 is 10.5. The average molecular weight is 522 g/mol. The minimum absolute atomic E-state index is 0.115. The van der Waals surface area contributed by atoms with Crippen molar-refractivity contribution in [2.45, 2.75) is 142 Å². The van der Waals surface area contributed by atoms with Crippen LogP contribution in [0.15, 0.2) is 24.3 Å². The third-order valence-electron chi connectivity index (χ3n) is 6.37. The Morgan fingerprint density at radius 1 is 0.514 bits per heavy atom. The molecule has 5 nitrogen and oxygen atoms in total. The largest absolute Gasteiger partial charge is 0.464 e. The number of allylic oxidation sites excluding steroid dienone is 4. The predicted octanol–water partition coefficient (Wildman–Crippen LogP) is 8.62. The highest BCUT2D eigenvalue weighted by Gasteiger charge is 2.04. The molecule has 0 radical (unpaired) electrons. The van der Waals surface area contributed by atoms with Gasteiger partial charge in [0.25, 0.3) is 0 Å². The van der Waals surface area contributed by atoms with Gasteiger partial charge in [-0.05, 0) is 51.4 Å². The third-order valence-corrected chi connectivity index (χ3v) is 6.37. The molecule has 0 aliphatic heterocycles. The first kappa shape index (κ1) is 35.4. The molecular weight excluding hydrogens is 462 g/mol. The number of esters is 2. The van der Waals surface area contributed by atoms with E-state index in [-0.39, 0.29) is 11.9 Å². The number of hydrogen-bond donors (Lipinski definition) is 1. The summed E-state index contributed by atoms with van der Waals surface area (Å²) >= 11 is 0. The van der Waals surface area contributed by atoms with Crippen LogP contribution in [0.3, 0.4) is 0 Å². The Morgan fingerprint density at radius 3 is 1.27 bits per heavy atom. The molecule has 0 aliphatic carbocycles. The van der Waals surface area contributed by atoms with Gasteiger partial charge in [0.1, 0.15) is 13.2 Å². The topological polar surface area (TPSA) is 64.6 Å². The maximum absolute atomic E-state index is 11.8. The van der Waals surface area contributed by atoms with Gasteiger partial charge in [-0.2, -0.15) is 0 Å². The van der Waals surface area contributed by atoms with Crippen molar-refractivity contribution in [3.8, 4) is 0 Å². The minimum Gasteiger partial charge on any atom is -0.464 e. The van der Waals surface area contributed by atoms with Gasteiger partial charge in [0.2, 0.25) is 0 Å². The van der Waals surface area contributed by atoms with Crippen molar-refractivity contribution in [1.29, 1.82) is 0 Å². The van der Waals surface area contributed by atoms with Gasteiger partial charge < -0.3 is 14.8 Å². The van der Waals surface area contributed by atoms with Crippen molar-refractivity contribution in [3.63, 3.8) is 0 Å². The lowest BCUT2D eigenvalue weighted by molar-refractivity contribution is -0.143. The van der Waals surface area contributed by atoms with E-state index < -0.39 is 0 Å². The Bertz CT molecular complexity index is 511. The highest BCUT2D eigenvalue weighted by Crippen LogP contribution is 2.10. The van der Waals surface area contributed by atoms with Gasteiger partial charge in [-0.25, -0.2) is 0 Å². The summed E-state index contributed by atoms with van der Waals surface area (Å²) in [5, 5.41) is 3.15. The third kappa shape index (κ3) is 30.5. The summed E-state index contributed by atoms with van der Waals surface area (Å²) in [6, 6.07) is 0. The molecule has 0 atom stereocenters. The van der Waals surface area contributed by atoms with Gasteiger partial charge >= 0.3 is 11.9 Å². The minimum atomic E-state index is -0.115. The number of ether oxygens (including phenoxy) is 2. The monoisotopic (exact) mass is 521 g/mol. The molecule has 0 spiro atoms. The van der Waals surface area contributed by atoms with Crippen molar-refractivity contribution < 1.29 is 19.1 Å². The molecule has 0 aliphatic rings. The number of rotatable bonds is 28. The fraction of sp³-hybridized carbons (Fsp3) is 0.812. The van der Waals surface area contributed by atoms with Crippen LogP contribution in [0.1, 0.15) is 142 Å². The van der Waals surface area contributed by atoms with E-state index in [0.717, 1.165) is 25.7 Å². The van der Waals surface area contributed by atoms with Gasteiger partial charge in [-0.3, -0.25) is 9.59 Å². The molecule has 0 aromatic heterocycles. The average Bonchev–Trinajstić information content (AvgIpc) is 2.89. The number of hydrogen-bond acceptors (Lipinski definition) is 5. The van der Waals surface area contributed by atoms with E-state index in [1.807, 2.05) is 0 Å². The van der Waals surface area contributed by atoms with E-state index in [4.69, 9.17) is 9.47 Å². The molecule has 0 rings (SSSR count). The highest BCUT2D eigenvalue weighted by atomic mass is 16.5. The Kier molecular flexibility index (Phi) is 29.3. The summed E-state index contributed by atoms with van der Waals surface area (Å²) in [6.07, 6.45) is 31.4. The first-order valence-electron chi connectivity index (χ1n) is 15.5. The Balaban J connectivity index is 3.31. The molecule has 0 aromatic rings. The van der Waals surface area contributed by atoms with Crippen molar-refractivity contribution >= 4 is 11.9 Å². The molecule has 1 N–H and O–H groups in total. The smallest absolute Gasteiger partial charge is 0.305 e. The predicted molar refractivity (Wildman–Crippen MR) is 157 cm³/mol. The lowest BCUT2D eigenvalue weighted by atomic mass is 10.1. The zero-order valence-electron chi connectivity index (χ0n) is 24.4. The summed E-state index contributed by atoms with van der Waals surface area (Å²) in [6.45, 7) is 6.35. The second-order valence-corrected chi connectivity index (χ2v) is 10.0. The van der Waals surface area contributed by atoms with Gasteiger partial charge in [0, 0.05) is 25.9 Å². The molecule has 37 heavy (non-hydrogen) atoms. The molecule has 5 heteroatoms. The van der Waals surface area contributed by atoms with Gasteiger partial charge in [0.05, 0.1) is 0 Å². The molecule has 0 bridgehead atoms. The van der Waals surface area contributed by atoms with Crippen LogP contribution in [0, 0.1) is 0 Å². The lowest BCUT2D eigenvalue weighted by Crippen LogP contribution is -2.26. The van der Waals surface area contributed by atoms with Crippen LogP contribution in [0.4, 0.5) is 0 Å². The zero-order valence-corrected chi connectivity index (χ0v) is 24.4. The summed E-state index contributed by atoms with van der Waals surface area (Å²) in [7, 11) is 0. The summed E-state index contributed by atoms with van der Waals surface area (Å²) in [5.41, 5.74) is 0. The maximum atomic E-state index is 11.8. The van der Waals surface area contributed by atoms with Crippen LogP contribution in [-0.4, -0.2) is 38.2 Å². The van der Waals surface area contributed by atoms with Crippen molar-refractivity contribution in [3.05, 3.63) is 24.3 Å². The first-order chi connectivity index (χ1) is 18.2. The molecule has 0 unspecified atom stereocenters. The van der Waals surface area contributed by atoms with E-state index in [0.29, 0.717) is 39.1 Å². The van der Waals surface area contributed by atoms with Crippen LogP contribution >= 0.6 is 0 Å². The molecule has 0 saturated carbocycles. The van der Waals surface area contributed by atoms with Gasteiger partial charge in [-0.15, -0.1) is 0 Å². The van der Waals surface area contributed by atoms with Crippen LogP contribution in [0.25, 0.3) is 0 Å². The van der Waals surface area contributed by atoms with E-state index in [2.05, 4.69) is 43.5 Å². The van der Waals surface area contributed by atoms with Crippen LogP contribution < -0.4 is 5.32 Å². The van der Waals surface area contributed by atoms with E-state index in [1.165, 1.54) is 89.9 Å². The van der Waals surface area contributed by atoms with Crippen molar-refractivity contribution in [2.24, 2.45) is 0 Å². The van der Waals surface area contributed by atoms with Crippen molar-refractivity contribution in [2.75, 3.05) is 26.3 Å². The normalized spacial score (nSPS) is 11.5. The highest BCUT2D eigenvalue weighted by molar-refractivity contribution is 5.69. The second-order valence-electron chi connectivity index (χ2n) is 10.0. The molecule has 216 valence electrons. The number of carbonyl (C=O) groups is 2. The fourth-order valence-electron chi connectivity index (χ4n) is 3.98. The van der Waals surface area contributed by atoms with Crippen LogP contribution in [0.2, 0.25) is 0 Å². The fourth-order valence-corrected chi connectivity index (χ4v) is 3.98. The summed E-state index contributed by atoms with van der Waals surface area (Å²) in [4.78, 5) is 23.6. The van der Waals surface area contributed by atoms with Gasteiger partial charge in [-0.1, -0.05) is 102 Å². The van der Waals surface area contributed by atoms with Crippen molar-refractivity contribution in [1.82, 2.24) is 5.32 Å². The molecule has 0 saturated heterocycles.